The fourth-order valence-corrected chi connectivity index (χ4v) is 1.84. The van der Waals surface area contributed by atoms with E-state index in [0.29, 0.717) is 13.0 Å². The van der Waals surface area contributed by atoms with Gasteiger partial charge in [-0.15, -0.1) is 0 Å². The highest BCUT2D eigenvalue weighted by molar-refractivity contribution is 5.96. The van der Waals surface area contributed by atoms with Crippen LogP contribution >= 0.6 is 0 Å². The third-order valence-electron chi connectivity index (χ3n) is 3.05. The van der Waals surface area contributed by atoms with Gasteiger partial charge in [0.05, 0.1) is 31.0 Å². The summed E-state index contributed by atoms with van der Waals surface area (Å²) in [5.74, 6) is -0.518. The molecule has 1 aromatic rings. The van der Waals surface area contributed by atoms with Crippen LogP contribution in [0.15, 0.2) is 18.2 Å². The first-order valence-corrected chi connectivity index (χ1v) is 7.92. The molecule has 146 valence electrons. The Morgan fingerprint density at radius 1 is 1.19 bits per heavy atom. The minimum atomic E-state index is -4.52. The SMILES string of the molecule is CCCOc1ccc(C(F)(F)F)cc1NCC(=O)NC(=O)NCCOC. The van der Waals surface area contributed by atoms with E-state index in [9.17, 15) is 22.8 Å². The molecule has 0 aliphatic carbocycles. The lowest BCUT2D eigenvalue weighted by Crippen LogP contribution is -2.43. The third-order valence-corrected chi connectivity index (χ3v) is 3.05. The Morgan fingerprint density at radius 3 is 2.54 bits per heavy atom. The molecule has 0 bridgehead atoms. The van der Waals surface area contributed by atoms with Gasteiger partial charge in [0, 0.05) is 13.7 Å². The number of benzene rings is 1. The molecule has 0 saturated heterocycles. The van der Waals surface area contributed by atoms with Crippen LogP contribution in [-0.4, -0.2) is 45.4 Å². The van der Waals surface area contributed by atoms with Gasteiger partial charge in [-0.2, -0.15) is 13.2 Å². The van der Waals surface area contributed by atoms with Crippen molar-refractivity contribution in [3.8, 4) is 5.75 Å². The Kier molecular flexibility index (Phi) is 8.70. The van der Waals surface area contributed by atoms with Crippen LogP contribution in [0.1, 0.15) is 18.9 Å². The smallest absolute Gasteiger partial charge is 0.416 e. The van der Waals surface area contributed by atoms with Crippen LogP contribution in [0, 0.1) is 0 Å². The van der Waals surface area contributed by atoms with Crippen molar-refractivity contribution in [2.75, 3.05) is 38.7 Å². The third kappa shape index (κ3) is 7.60. The van der Waals surface area contributed by atoms with E-state index in [1.54, 1.807) is 0 Å². The summed E-state index contributed by atoms with van der Waals surface area (Å²) in [6.45, 7) is 2.26. The van der Waals surface area contributed by atoms with Crippen LogP contribution < -0.4 is 20.7 Å². The minimum Gasteiger partial charge on any atom is -0.491 e. The van der Waals surface area contributed by atoms with Crippen molar-refractivity contribution in [1.29, 1.82) is 0 Å². The predicted molar refractivity (Wildman–Crippen MR) is 89.1 cm³/mol. The molecule has 7 nitrogen and oxygen atoms in total. The molecular weight excluding hydrogens is 355 g/mol. The summed E-state index contributed by atoms with van der Waals surface area (Å²) in [5.41, 5.74) is -0.857. The lowest BCUT2D eigenvalue weighted by Gasteiger charge is -2.15. The number of imide groups is 1. The van der Waals surface area contributed by atoms with Gasteiger partial charge in [0.25, 0.3) is 0 Å². The highest BCUT2D eigenvalue weighted by atomic mass is 19.4. The Balaban J connectivity index is 2.70. The lowest BCUT2D eigenvalue weighted by atomic mass is 10.1. The number of methoxy groups -OCH3 is 1. The topological polar surface area (TPSA) is 88.7 Å². The van der Waals surface area contributed by atoms with Gasteiger partial charge in [-0.25, -0.2) is 4.79 Å². The Morgan fingerprint density at radius 2 is 1.92 bits per heavy atom. The molecule has 1 aromatic carbocycles. The molecule has 26 heavy (non-hydrogen) atoms. The molecule has 3 amide bonds. The molecule has 0 aliphatic rings. The van der Waals surface area contributed by atoms with E-state index in [1.807, 2.05) is 12.2 Å². The molecule has 0 atom stereocenters. The minimum absolute atomic E-state index is 0.0169. The number of halogens is 3. The van der Waals surface area contributed by atoms with Crippen molar-refractivity contribution in [2.24, 2.45) is 0 Å². The summed E-state index contributed by atoms with van der Waals surface area (Å²) >= 11 is 0. The molecule has 0 radical (unpaired) electrons. The largest absolute Gasteiger partial charge is 0.491 e. The molecule has 0 saturated carbocycles. The van der Waals surface area contributed by atoms with Gasteiger partial charge in [0.2, 0.25) is 5.91 Å². The fraction of sp³-hybridized carbons (Fsp3) is 0.500. The number of nitrogens with one attached hydrogen (secondary N) is 3. The zero-order valence-corrected chi connectivity index (χ0v) is 14.5. The maximum Gasteiger partial charge on any atom is 0.416 e. The van der Waals surface area contributed by atoms with E-state index in [0.717, 1.165) is 12.1 Å². The predicted octanol–water partition coefficient (Wildman–Crippen LogP) is 2.38. The molecule has 3 N–H and O–H groups in total. The number of amides is 3. The first-order chi connectivity index (χ1) is 12.3. The van der Waals surface area contributed by atoms with E-state index in [1.165, 1.54) is 13.2 Å². The van der Waals surface area contributed by atoms with E-state index < -0.39 is 30.2 Å². The van der Waals surface area contributed by atoms with Gasteiger partial charge in [0.15, 0.2) is 0 Å². The highest BCUT2D eigenvalue weighted by Gasteiger charge is 2.31. The molecule has 0 heterocycles. The molecular formula is C16H22F3N3O4. The molecule has 0 aromatic heterocycles. The second kappa shape index (κ2) is 10.5. The summed E-state index contributed by atoms with van der Waals surface area (Å²) in [5, 5.41) is 7.00. The van der Waals surface area contributed by atoms with Crippen molar-refractivity contribution >= 4 is 17.6 Å². The van der Waals surface area contributed by atoms with Crippen molar-refractivity contribution < 1.29 is 32.2 Å². The highest BCUT2D eigenvalue weighted by Crippen LogP contribution is 2.35. The second-order valence-electron chi connectivity index (χ2n) is 5.21. The van der Waals surface area contributed by atoms with Crippen molar-refractivity contribution in [3.05, 3.63) is 23.8 Å². The van der Waals surface area contributed by atoms with Gasteiger partial charge in [-0.1, -0.05) is 6.92 Å². The monoisotopic (exact) mass is 377 g/mol. The number of alkyl halides is 3. The molecule has 0 aliphatic heterocycles. The first-order valence-electron chi connectivity index (χ1n) is 7.92. The molecule has 0 spiro atoms. The van der Waals surface area contributed by atoms with Crippen LogP contribution in [0.2, 0.25) is 0 Å². The summed E-state index contributed by atoms with van der Waals surface area (Å²) in [4.78, 5) is 23.2. The molecule has 0 unspecified atom stereocenters. The number of anilines is 1. The van der Waals surface area contributed by atoms with Gasteiger partial charge >= 0.3 is 12.2 Å². The van der Waals surface area contributed by atoms with Gasteiger partial charge < -0.3 is 20.1 Å². The number of hydrogen-bond acceptors (Lipinski definition) is 5. The number of rotatable bonds is 9. The van der Waals surface area contributed by atoms with E-state index >= 15 is 0 Å². The van der Waals surface area contributed by atoms with Crippen LogP contribution in [-0.2, 0) is 15.7 Å². The second-order valence-corrected chi connectivity index (χ2v) is 5.21. The first kappa shape index (κ1) is 21.6. The molecule has 10 heteroatoms. The van der Waals surface area contributed by atoms with E-state index in [4.69, 9.17) is 9.47 Å². The summed E-state index contributed by atoms with van der Waals surface area (Å²) < 4.78 is 48.7. The summed E-state index contributed by atoms with van der Waals surface area (Å²) in [6.07, 6.45) is -3.86. The standard InChI is InChI=1S/C16H22F3N3O4/c1-3-7-26-13-5-4-11(16(17,18)19)9-12(13)21-10-14(23)22-15(24)20-6-8-25-2/h4-5,9,21H,3,6-8,10H2,1-2H3,(H2,20,22,23,24). The van der Waals surface area contributed by atoms with E-state index in [2.05, 4.69) is 10.6 Å². The normalized spacial score (nSPS) is 11.0. The quantitative estimate of drug-likeness (QED) is 0.575. The Hall–Kier alpha value is -2.49. The van der Waals surface area contributed by atoms with Crippen LogP contribution in [0.3, 0.4) is 0 Å². The van der Waals surface area contributed by atoms with Crippen LogP contribution in [0.4, 0.5) is 23.7 Å². The zero-order chi connectivity index (χ0) is 19.6. The number of ether oxygens (including phenoxy) is 2. The Bertz CT molecular complexity index is 609. The summed E-state index contributed by atoms with van der Waals surface area (Å²) in [6, 6.07) is 2.23. The average molecular weight is 377 g/mol. The van der Waals surface area contributed by atoms with Crippen LogP contribution in [0.25, 0.3) is 0 Å². The maximum atomic E-state index is 12.9. The maximum absolute atomic E-state index is 12.9. The van der Waals surface area contributed by atoms with Crippen molar-refractivity contribution in [1.82, 2.24) is 10.6 Å². The average Bonchev–Trinajstić information content (AvgIpc) is 2.57. The number of hydrogen-bond donors (Lipinski definition) is 3. The van der Waals surface area contributed by atoms with Gasteiger partial charge in [-0.3, -0.25) is 10.1 Å². The zero-order valence-electron chi connectivity index (χ0n) is 14.5. The molecule has 1 rings (SSSR count). The number of carbonyl (C=O) groups is 2. The van der Waals surface area contributed by atoms with Crippen LogP contribution in [0.5, 0.6) is 5.75 Å². The van der Waals surface area contributed by atoms with Gasteiger partial charge in [0.1, 0.15) is 5.75 Å². The molecule has 0 fully saturated rings. The van der Waals surface area contributed by atoms with Crippen molar-refractivity contribution in [2.45, 2.75) is 19.5 Å². The fourth-order valence-electron chi connectivity index (χ4n) is 1.84. The summed E-state index contributed by atoms with van der Waals surface area (Å²) in [7, 11) is 1.46. The number of carbonyl (C=O) groups excluding carboxylic acids is 2. The number of urea groups is 1. The Labute approximate surface area is 149 Å². The van der Waals surface area contributed by atoms with Crippen molar-refractivity contribution in [3.63, 3.8) is 0 Å². The van der Waals surface area contributed by atoms with E-state index in [-0.39, 0.29) is 24.6 Å². The lowest BCUT2D eigenvalue weighted by molar-refractivity contribution is -0.137. The van der Waals surface area contributed by atoms with Gasteiger partial charge in [-0.05, 0) is 24.6 Å².